The fraction of sp³-hybridized carbons (Fsp3) is 0.714. The molecule has 1 N–H and O–H groups in total. The van der Waals surface area contributed by atoms with Gasteiger partial charge in [-0.1, -0.05) is 19.9 Å². The number of Topliss-reactive ketones (excluding diaryl/α,β-unsaturated/α-hetero) is 1. The molecule has 5 atom stereocenters. The zero-order chi connectivity index (χ0) is 22.6. The Hall–Kier alpha value is -2.26. The molecule has 0 aromatic carbocycles. The van der Waals surface area contributed by atoms with Gasteiger partial charge in [0, 0.05) is 37.9 Å². The summed E-state index contributed by atoms with van der Waals surface area (Å²) in [7, 11) is 1.86. The highest BCUT2D eigenvalue weighted by Gasteiger charge is 2.49. The number of rotatable bonds is 2. The average molecular weight is 425 g/mol. The van der Waals surface area contributed by atoms with Crippen LogP contribution in [-0.4, -0.2) is 78.3 Å². The monoisotopic (exact) mass is 425 g/mol. The summed E-state index contributed by atoms with van der Waals surface area (Å²) in [5.41, 5.74) is -1.85. The zero-order valence-electron chi connectivity index (χ0n) is 18.2. The van der Waals surface area contributed by atoms with Crippen LogP contribution in [0.4, 0.5) is 0 Å². The maximum atomic E-state index is 13.0. The summed E-state index contributed by atoms with van der Waals surface area (Å²) >= 11 is 0. The maximum Gasteiger partial charge on any atom is 0.338 e. The fourth-order valence-corrected chi connectivity index (χ4v) is 3.66. The van der Waals surface area contributed by atoms with Gasteiger partial charge in [-0.3, -0.25) is 14.4 Å². The summed E-state index contributed by atoms with van der Waals surface area (Å²) in [4.78, 5) is 52.3. The smallest absolute Gasteiger partial charge is 0.338 e. The molecule has 2 bridgehead atoms. The van der Waals surface area contributed by atoms with Gasteiger partial charge in [0.1, 0.15) is 12.7 Å². The van der Waals surface area contributed by atoms with Gasteiger partial charge in [-0.25, -0.2) is 4.79 Å². The summed E-state index contributed by atoms with van der Waals surface area (Å²) in [6.45, 7) is 6.28. The topological polar surface area (TPSA) is 119 Å². The van der Waals surface area contributed by atoms with Gasteiger partial charge in [0.15, 0.2) is 11.7 Å². The van der Waals surface area contributed by atoms with E-state index in [1.54, 1.807) is 13.0 Å². The summed E-state index contributed by atoms with van der Waals surface area (Å²) in [5, 5.41) is 10.9. The van der Waals surface area contributed by atoms with Gasteiger partial charge >= 0.3 is 17.9 Å². The van der Waals surface area contributed by atoms with Gasteiger partial charge in [0.05, 0.1) is 5.92 Å². The molecule has 30 heavy (non-hydrogen) atoms. The second-order valence-corrected chi connectivity index (χ2v) is 8.17. The number of esters is 3. The number of likely N-dealkylation sites (N-methyl/N-ethyl adjacent to an activating group) is 1. The molecule has 2 heterocycles. The van der Waals surface area contributed by atoms with Crippen molar-refractivity contribution in [1.29, 1.82) is 0 Å². The largest absolute Gasteiger partial charge is 0.461 e. The highest BCUT2D eigenvalue weighted by atomic mass is 16.6. The first-order valence-corrected chi connectivity index (χ1v) is 10.2. The molecule has 0 aromatic heterocycles. The number of nitrogens with zero attached hydrogens (tertiary/aromatic N) is 1. The fourth-order valence-electron chi connectivity index (χ4n) is 3.66. The van der Waals surface area contributed by atoms with Gasteiger partial charge in [0.2, 0.25) is 5.78 Å². The molecule has 0 aliphatic carbocycles. The van der Waals surface area contributed by atoms with Gasteiger partial charge in [-0.2, -0.15) is 0 Å². The van der Waals surface area contributed by atoms with Crippen molar-refractivity contribution in [3.63, 3.8) is 0 Å². The molecule has 0 spiro atoms. The molecule has 2 rings (SSSR count). The first-order chi connectivity index (χ1) is 14.0. The average Bonchev–Trinajstić information content (AvgIpc) is 2.67. The van der Waals surface area contributed by atoms with Crippen molar-refractivity contribution in [2.45, 2.75) is 58.3 Å². The van der Waals surface area contributed by atoms with Crippen LogP contribution in [0, 0.1) is 11.8 Å². The van der Waals surface area contributed by atoms with Crippen molar-refractivity contribution in [1.82, 2.24) is 4.90 Å². The molecule has 2 aliphatic rings. The minimum absolute atomic E-state index is 0.210. The molecular formula is C21H31NO8. The Morgan fingerprint density at radius 2 is 2.03 bits per heavy atom. The van der Waals surface area contributed by atoms with Crippen LogP contribution in [0.15, 0.2) is 11.6 Å². The molecule has 9 nitrogen and oxygen atoms in total. The van der Waals surface area contributed by atoms with Crippen molar-refractivity contribution >= 4 is 23.7 Å². The SMILES string of the molecule is CC[C@@H]1C(=O)O[C@@H]2CCN(C)CC=C(COC(=O)[C@](C)(O)[C@H](C)[C@H]1OC(C)=O)C2=O. The number of cyclic esters (lactones) is 1. The molecule has 1 saturated heterocycles. The van der Waals surface area contributed by atoms with E-state index in [9.17, 15) is 24.3 Å². The van der Waals surface area contributed by atoms with Crippen molar-refractivity contribution in [2.75, 3.05) is 26.7 Å². The lowest BCUT2D eigenvalue weighted by Gasteiger charge is -2.37. The number of ether oxygens (including phenoxy) is 3. The van der Waals surface area contributed by atoms with Gasteiger partial charge in [0.25, 0.3) is 0 Å². The van der Waals surface area contributed by atoms with Gasteiger partial charge < -0.3 is 24.2 Å². The Bertz CT molecular complexity index is 729. The third-order valence-electron chi connectivity index (χ3n) is 5.88. The number of hydrogen-bond acceptors (Lipinski definition) is 9. The second-order valence-electron chi connectivity index (χ2n) is 8.17. The van der Waals surface area contributed by atoms with Crippen LogP contribution in [0.2, 0.25) is 0 Å². The van der Waals surface area contributed by atoms with Crippen LogP contribution in [0.1, 0.15) is 40.5 Å². The van der Waals surface area contributed by atoms with Crippen LogP contribution in [-0.2, 0) is 33.4 Å². The lowest BCUT2D eigenvalue weighted by atomic mass is 9.79. The predicted octanol–water partition coefficient (Wildman–Crippen LogP) is 0.631. The zero-order valence-corrected chi connectivity index (χ0v) is 18.2. The molecule has 0 unspecified atom stereocenters. The molecule has 0 radical (unpaired) electrons. The van der Waals surface area contributed by atoms with Crippen molar-refractivity contribution in [3.8, 4) is 0 Å². The molecule has 168 valence electrons. The highest BCUT2D eigenvalue weighted by Crippen LogP contribution is 2.32. The predicted molar refractivity (Wildman–Crippen MR) is 105 cm³/mol. The molecular weight excluding hydrogens is 394 g/mol. The molecule has 1 fully saturated rings. The molecule has 0 aromatic rings. The van der Waals surface area contributed by atoms with Crippen LogP contribution >= 0.6 is 0 Å². The molecule has 2 aliphatic heterocycles. The molecule has 9 heteroatoms. The molecule has 0 saturated carbocycles. The maximum absolute atomic E-state index is 13.0. The Morgan fingerprint density at radius 3 is 2.63 bits per heavy atom. The molecule has 0 amide bonds. The quantitative estimate of drug-likeness (QED) is 0.502. The Labute approximate surface area is 176 Å². The highest BCUT2D eigenvalue weighted by molar-refractivity contribution is 6.00. The van der Waals surface area contributed by atoms with Crippen molar-refractivity contribution in [2.24, 2.45) is 11.8 Å². The van der Waals surface area contributed by atoms with Gasteiger partial charge in [-0.15, -0.1) is 0 Å². The first-order valence-electron chi connectivity index (χ1n) is 10.2. The third-order valence-corrected chi connectivity index (χ3v) is 5.88. The lowest BCUT2D eigenvalue weighted by Crippen LogP contribution is -2.53. The van der Waals surface area contributed by atoms with Crippen LogP contribution < -0.4 is 0 Å². The second kappa shape index (κ2) is 9.70. The summed E-state index contributed by atoms with van der Waals surface area (Å²) < 4.78 is 16.2. The first kappa shape index (κ1) is 24.0. The standard InChI is InChI=1S/C21H31NO8/c1-6-15-18(29-13(3)23)12(2)21(4,27)20(26)28-11-14-7-9-22(5)10-8-16(17(14)24)30-19(15)25/h7,12,15-16,18,27H,6,8-11H2,1-5H3/t12-,15+,16-,18-,21-/m1/s1. The van der Waals surface area contributed by atoms with E-state index in [0.717, 1.165) is 0 Å². The third kappa shape index (κ3) is 5.26. The van der Waals surface area contributed by atoms with E-state index in [0.29, 0.717) is 13.1 Å². The van der Waals surface area contributed by atoms with E-state index in [1.165, 1.54) is 20.8 Å². The van der Waals surface area contributed by atoms with Crippen molar-refractivity contribution < 1.29 is 38.5 Å². The van der Waals surface area contributed by atoms with Crippen molar-refractivity contribution in [3.05, 3.63) is 11.6 Å². The summed E-state index contributed by atoms with van der Waals surface area (Å²) in [5.74, 6) is -4.70. The van der Waals surface area contributed by atoms with E-state index < -0.39 is 53.3 Å². The number of hydrogen-bond donors (Lipinski definition) is 1. The number of carbonyl (C=O) groups excluding carboxylic acids is 4. The number of fused-ring (bicyclic) bond motifs is 2. The Morgan fingerprint density at radius 1 is 1.37 bits per heavy atom. The van der Waals surface area contributed by atoms with E-state index in [1.807, 2.05) is 11.9 Å². The van der Waals surface area contributed by atoms with E-state index in [4.69, 9.17) is 14.2 Å². The number of ketones is 1. The normalized spacial score (nSPS) is 34.3. The summed E-state index contributed by atoms with van der Waals surface area (Å²) in [6, 6.07) is 0. The van der Waals surface area contributed by atoms with E-state index >= 15 is 0 Å². The number of aliphatic hydroxyl groups is 1. The van der Waals surface area contributed by atoms with Crippen LogP contribution in [0.3, 0.4) is 0 Å². The Balaban J connectivity index is 2.52. The Kier molecular flexibility index (Phi) is 7.76. The summed E-state index contributed by atoms with van der Waals surface area (Å²) in [6.07, 6.45) is -0.0292. The minimum Gasteiger partial charge on any atom is -0.461 e. The van der Waals surface area contributed by atoms with Crippen LogP contribution in [0.5, 0.6) is 0 Å². The lowest BCUT2D eigenvalue weighted by molar-refractivity contribution is -0.188. The number of carbonyl (C=O) groups is 4. The van der Waals surface area contributed by atoms with E-state index in [2.05, 4.69) is 0 Å². The van der Waals surface area contributed by atoms with E-state index in [-0.39, 0.29) is 25.0 Å². The van der Waals surface area contributed by atoms with Gasteiger partial charge in [-0.05, 0) is 20.4 Å². The minimum atomic E-state index is -2.06. The van der Waals surface area contributed by atoms with Crippen LogP contribution in [0.25, 0.3) is 0 Å².